The maximum absolute atomic E-state index is 13.2. The summed E-state index contributed by atoms with van der Waals surface area (Å²) < 4.78 is 18.4. The Balaban J connectivity index is 1.67. The fraction of sp³-hybridized carbons (Fsp3) is 0.182. The zero-order valence-electron chi connectivity index (χ0n) is 15.6. The van der Waals surface area contributed by atoms with Crippen molar-refractivity contribution in [2.45, 2.75) is 19.9 Å². The van der Waals surface area contributed by atoms with E-state index in [2.05, 4.69) is 5.32 Å². The summed E-state index contributed by atoms with van der Waals surface area (Å²) in [6.07, 6.45) is 0. The van der Waals surface area contributed by atoms with Crippen LogP contribution in [0.4, 0.5) is 4.39 Å². The maximum atomic E-state index is 13.2. The Bertz CT molecular complexity index is 968. The van der Waals surface area contributed by atoms with Crippen LogP contribution in [-0.2, 0) is 9.53 Å². The number of benzene rings is 2. The first-order valence-electron chi connectivity index (χ1n) is 8.76. The number of esters is 1. The molecule has 0 aliphatic carbocycles. The molecule has 28 heavy (non-hydrogen) atoms. The molecule has 1 amide bonds. The highest BCUT2D eigenvalue weighted by molar-refractivity contribution is 7.10. The van der Waals surface area contributed by atoms with Crippen molar-refractivity contribution in [3.8, 4) is 0 Å². The highest BCUT2D eigenvalue weighted by Crippen LogP contribution is 2.26. The van der Waals surface area contributed by atoms with Gasteiger partial charge in [-0.3, -0.25) is 4.79 Å². The molecule has 3 aromatic rings. The van der Waals surface area contributed by atoms with E-state index in [0.29, 0.717) is 5.56 Å². The Morgan fingerprint density at radius 3 is 2.50 bits per heavy atom. The molecule has 1 unspecified atom stereocenters. The van der Waals surface area contributed by atoms with Crippen LogP contribution >= 0.6 is 11.3 Å². The second-order valence-corrected chi connectivity index (χ2v) is 7.44. The number of hydrogen-bond acceptors (Lipinski definition) is 4. The van der Waals surface area contributed by atoms with Gasteiger partial charge in [0.05, 0.1) is 11.6 Å². The lowest BCUT2D eigenvalue weighted by Gasteiger charge is -2.18. The standard InChI is InChI=1S/C22H20FNO3S/c1-14-5-10-18(15(2)12-14)22(26)27-13-20(25)24-21(19-4-3-11-28-19)16-6-8-17(23)9-7-16/h3-12,21H,13H2,1-2H3,(H,24,25). The van der Waals surface area contributed by atoms with Gasteiger partial charge in [0, 0.05) is 4.88 Å². The van der Waals surface area contributed by atoms with Crippen molar-refractivity contribution < 1.29 is 18.7 Å². The number of ether oxygens (including phenoxy) is 1. The van der Waals surface area contributed by atoms with E-state index >= 15 is 0 Å². The number of thiophene rings is 1. The smallest absolute Gasteiger partial charge is 0.338 e. The third-order valence-electron chi connectivity index (χ3n) is 4.27. The van der Waals surface area contributed by atoms with Gasteiger partial charge in [-0.1, -0.05) is 35.9 Å². The van der Waals surface area contributed by atoms with Crippen LogP contribution in [0.1, 0.15) is 38.0 Å². The summed E-state index contributed by atoms with van der Waals surface area (Å²) in [5.74, 6) is -1.31. The second kappa shape index (κ2) is 8.80. The lowest BCUT2D eigenvalue weighted by Crippen LogP contribution is -2.32. The highest BCUT2D eigenvalue weighted by Gasteiger charge is 2.19. The number of nitrogens with one attached hydrogen (secondary N) is 1. The minimum Gasteiger partial charge on any atom is -0.452 e. The first-order chi connectivity index (χ1) is 13.4. The Morgan fingerprint density at radius 1 is 1.11 bits per heavy atom. The number of rotatable bonds is 6. The van der Waals surface area contributed by atoms with Crippen LogP contribution < -0.4 is 5.32 Å². The van der Waals surface area contributed by atoms with E-state index in [0.717, 1.165) is 21.6 Å². The van der Waals surface area contributed by atoms with E-state index in [-0.39, 0.29) is 5.82 Å². The van der Waals surface area contributed by atoms with E-state index < -0.39 is 24.5 Å². The fourth-order valence-corrected chi connectivity index (χ4v) is 3.69. The van der Waals surface area contributed by atoms with Crippen molar-refractivity contribution in [1.29, 1.82) is 0 Å². The third-order valence-corrected chi connectivity index (χ3v) is 5.21. The van der Waals surface area contributed by atoms with E-state index in [1.165, 1.54) is 23.5 Å². The molecular weight excluding hydrogens is 377 g/mol. The Morgan fingerprint density at radius 2 is 1.86 bits per heavy atom. The zero-order valence-corrected chi connectivity index (χ0v) is 16.4. The zero-order chi connectivity index (χ0) is 20.1. The molecule has 0 spiro atoms. The molecule has 0 radical (unpaired) electrons. The number of hydrogen-bond donors (Lipinski definition) is 1. The molecule has 0 saturated carbocycles. The largest absolute Gasteiger partial charge is 0.452 e. The van der Waals surface area contributed by atoms with E-state index in [1.54, 1.807) is 18.2 Å². The predicted molar refractivity (Wildman–Crippen MR) is 107 cm³/mol. The number of carbonyl (C=O) groups excluding carboxylic acids is 2. The molecule has 0 fully saturated rings. The normalized spacial score (nSPS) is 11.7. The molecule has 1 N–H and O–H groups in total. The second-order valence-electron chi connectivity index (χ2n) is 6.46. The van der Waals surface area contributed by atoms with Crippen LogP contribution in [-0.4, -0.2) is 18.5 Å². The van der Waals surface area contributed by atoms with Gasteiger partial charge in [-0.05, 0) is 54.6 Å². The van der Waals surface area contributed by atoms with Gasteiger partial charge >= 0.3 is 5.97 Å². The molecule has 6 heteroatoms. The first-order valence-corrected chi connectivity index (χ1v) is 9.64. The molecule has 0 aliphatic rings. The maximum Gasteiger partial charge on any atom is 0.338 e. The molecule has 2 aromatic carbocycles. The third kappa shape index (κ3) is 4.84. The first kappa shape index (κ1) is 19.8. The summed E-state index contributed by atoms with van der Waals surface area (Å²) >= 11 is 1.48. The lowest BCUT2D eigenvalue weighted by atomic mass is 10.1. The van der Waals surface area contributed by atoms with E-state index in [1.807, 2.05) is 43.5 Å². The van der Waals surface area contributed by atoms with Crippen LogP contribution in [0.3, 0.4) is 0 Å². The van der Waals surface area contributed by atoms with Crippen LogP contribution in [0.15, 0.2) is 60.0 Å². The molecule has 1 heterocycles. The van der Waals surface area contributed by atoms with Crippen molar-refractivity contribution in [3.63, 3.8) is 0 Å². The van der Waals surface area contributed by atoms with Crippen molar-refractivity contribution >= 4 is 23.2 Å². The van der Waals surface area contributed by atoms with Gasteiger partial charge in [-0.25, -0.2) is 9.18 Å². The van der Waals surface area contributed by atoms with Crippen LogP contribution in [0, 0.1) is 19.7 Å². The van der Waals surface area contributed by atoms with Crippen molar-refractivity contribution in [3.05, 3.63) is 92.9 Å². The predicted octanol–water partition coefficient (Wildman–Crippen LogP) is 4.57. The van der Waals surface area contributed by atoms with Crippen LogP contribution in [0.2, 0.25) is 0 Å². The molecule has 0 bridgehead atoms. The molecular formula is C22H20FNO3S. The summed E-state index contributed by atoms with van der Waals surface area (Å²) in [6.45, 7) is 3.37. The van der Waals surface area contributed by atoms with Gasteiger partial charge in [-0.2, -0.15) is 0 Å². The molecule has 0 aliphatic heterocycles. The van der Waals surface area contributed by atoms with E-state index in [9.17, 15) is 14.0 Å². The minimum atomic E-state index is -0.540. The lowest BCUT2D eigenvalue weighted by molar-refractivity contribution is -0.124. The molecule has 3 rings (SSSR count). The highest BCUT2D eigenvalue weighted by atomic mass is 32.1. The Labute approximate surface area is 167 Å². The van der Waals surface area contributed by atoms with Crippen LogP contribution in [0.5, 0.6) is 0 Å². The van der Waals surface area contributed by atoms with Crippen molar-refractivity contribution in [2.24, 2.45) is 0 Å². The van der Waals surface area contributed by atoms with Gasteiger partial charge in [0.1, 0.15) is 5.82 Å². The van der Waals surface area contributed by atoms with Gasteiger partial charge in [0.25, 0.3) is 5.91 Å². The van der Waals surface area contributed by atoms with Gasteiger partial charge < -0.3 is 10.1 Å². The molecule has 0 saturated heterocycles. The van der Waals surface area contributed by atoms with Crippen molar-refractivity contribution in [2.75, 3.05) is 6.61 Å². The summed E-state index contributed by atoms with van der Waals surface area (Å²) in [5, 5.41) is 4.76. The number of carbonyl (C=O) groups is 2. The molecule has 4 nitrogen and oxygen atoms in total. The Hall–Kier alpha value is -2.99. The molecule has 144 valence electrons. The number of halogens is 1. The number of aryl methyl sites for hydroxylation is 2. The topological polar surface area (TPSA) is 55.4 Å². The monoisotopic (exact) mass is 397 g/mol. The average molecular weight is 397 g/mol. The Kier molecular flexibility index (Phi) is 6.21. The fourth-order valence-electron chi connectivity index (χ4n) is 2.88. The van der Waals surface area contributed by atoms with Gasteiger partial charge in [-0.15, -0.1) is 11.3 Å². The summed E-state index contributed by atoms with van der Waals surface area (Å²) in [6, 6.07) is 14.7. The van der Waals surface area contributed by atoms with Crippen LogP contribution in [0.25, 0.3) is 0 Å². The quantitative estimate of drug-likeness (QED) is 0.620. The molecule has 1 atom stereocenters. The summed E-state index contributed by atoms with van der Waals surface area (Å²) in [7, 11) is 0. The summed E-state index contributed by atoms with van der Waals surface area (Å²) in [4.78, 5) is 25.6. The molecule has 1 aromatic heterocycles. The number of amides is 1. The van der Waals surface area contributed by atoms with Gasteiger partial charge in [0.2, 0.25) is 0 Å². The SMILES string of the molecule is Cc1ccc(C(=O)OCC(=O)NC(c2ccc(F)cc2)c2cccs2)c(C)c1. The summed E-state index contributed by atoms with van der Waals surface area (Å²) in [5.41, 5.74) is 3.03. The average Bonchev–Trinajstić information content (AvgIpc) is 3.19. The van der Waals surface area contributed by atoms with Crippen molar-refractivity contribution in [1.82, 2.24) is 5.32 Å². The minimum absolute atomic E-state index is 0.345. The van der Waals surface area contributed by atoms with E-state index in [4.69, 9.17) is 4.74 Å². The van der Waals surface area contributed by atoms with Gasteiger partial charge in [0.15, 0.2) is 6.61 Å².